The number of hydrogen-bond acceptors (Lipinski definition) is 2. The first-order valence-corrected chi connectivity index (χ1v) is 6.26. The maximum absolute atomic E-state index is 13.2. The second-order valence-electron chi connectivity index (χ2n) is 4.20. The number of carbonyl (C=O) groups is 1. The molecule has 18 heavy (non-hydrogen) atoms. The quantitative estimate of drug-likeness (QED) is 0.758. The molecule has 0 atom stereocenters. The van der Waals surface area contributed by atoms with Crippen LogP contribution in [0.2, 0.25) is 0 Å². The molecule has 1 rings (SSSR count). The highest BCUT2D eigenvalue weighted by atomic mass is 19.1. The molecule has 0 saturated heterocycles. The summed E-state index contributed by atoms with van der Waals surface area (Å²) in [6.07, 6.45) is 3.63. The Morgan fingerprint density at radius 3 is 2.83 bits per heavy atom. The first kappa shape index (κ1) is 14.5. The third kappa shape index (κ3) is 4.73. The summed E-state index contributed by atoms with van der Waals surface area (Å²) in [5.41, 5.74) is 0.831. The lowest BCUT2D eigenvalue weighted by Crippen LogP contribution is -2.22. The van der Waals surface area contributed by atoms with Crippen LogP contribution in [0.15, 0.2) is 18.2 Å². The molecule has 0 aliphatic heterocycles. The van der Waals surface area contributed by atoms with E-state index in [1.54, 1.807) is 12.1 Å². The summed E-state index contributed by atoms with van der Waals surface area (Å²) in [7, 11) is 1.42. The van der Waals surface area contributed by atoms with Gasteiger partial charge in [0, 0.05) is 13.0 Å². The Labute approximate surface area is 107 Å². The van der Waals surface area contributed by atoms with Crippen molar-refractivity contribution in [2.24, 2.45) is 0 Å². The average Bonchev–Trinajstić information content (AvgIpc) is 2.38. The molecule has 0 fully saturated rings. The smallest absolute Gasteiger partial charge is 0.220 e. The molecule has 0 aliphatic carbocycles. The van der Waals surface area contributed by atoms with E-state index in [4.69, 9.17) is 4.74 Å². The van der Waals surface area contributed by atoms with Gasteiger partial charge in [0.1, 0.15) is 0 Å². The predicted octanol–water partition coefficient (Wildman–Crippen LogP) is 3.03. The Morgan fingerprint density at radius 1 is 1.39 bits per heavy atom. The molecular weight excluding hydrogens is 233 g/mol. The van der Waals surface area contributed by atoms with E-state index in [2.05, 4.69) is 12.2 Å². The Morgan fingerprint density at radius 2 is 2.17 bits per heavy atom. The molecular formula is C14H20FNO2. The van der Waals surface area contributed by atoms with Crippen molar-refractivity contribution >= 4 is 5.91 Å². The van der Waals surface area contributed by atoms with Crippen LogP contribution in [-0.2, 0) is 11.3 Å². The minimum Gasteiger partial charge on any atom is -0.494 e. The topological polar surface area (TPSA) is 38.3 Å². The normalized spacial score (nSPS) is 10.2. The second kappa shape index (κ2) is 7.69. The maximum atomic E-state index is 13.2. The Balaban J connectivity index is 2.41. The number of benzene rings is 1. The summed E-state index contributed by atoms with van der Waals surface area (Å²) in [5.74, 6) is -0.157. The van der Waals surface area contributed by atoms with Gasteiger partial charge < -0.3 is 10.1 Å². The third-order valence-corrected chi connectivity index (χ3v) is 2.71. The predicted molar refractivity (Wildman–Crippen MR) is 68.9 cm³/mol. The van der Waals surface area contributed by atoms with Crippen LogP contribution >= 0.6 is 0 Å². The number of ether oxygens (including phenoxy) is 1. The summed E-state index contributed by atoms with van der Waals surface area (Å²) >= 11 is 0. The molecule has 0 radical (unpaired) electrons. The number of rotatable bonds is 7. The first-order valence-electron chi connectivity index (χ1n) is 6.26. The van der Waals surface area contributed by atoms with Crippen molar-refractivity contribution in [2.75, 3.05) is 7.11 Å². The molecule has 0 aromatic heterocycles. The van der Waals surface area contributed by atoms with Crippen molar-refractivity contribution in [1.82, 2.24) is 5.32 Å². The molecule has 3 nitrogen and oxygen atoms in total. The van der Waals surface area contributed by atoms with Crippen LogP contribution in [0, 0.1) is 5.82 Å². The molecule has 0 spiro atoms. The van der Waals surface area contributed by atoms with Crippen molar-refractivity contribution in [3.05, 3.63) is 29.6 Å². The van der Waals surface area contributed by atoms with Gasteiger partial charge in [-0.05, 0) is 24.1 Å². The van der Waals surface area contributed by atoms with Crippen LogP contribution < -0.4 is 10.1 Å². The number of amides is 1. The lowest BCUT2D eigenvalue weighted by molar-refractivity contribution is -0.121. The van der Waals surface area contributed by atoms with E-state index in [1.165, 1.54) is 13.2 Å². The van der Waals surface area contributed by atoms with Crippen LogP contribution in [0.25, 0.3) is 0 Å². The summed E-state index contributed by atoms with van der Waals surface area (Å²) < 4.78 is 18.0. The number of nitrogens with one attached hydrogen (secondary N) is 1. The number of hydrogen-bond donors (Lipinski definition) is 1. The van der Waals surface area contributed by atoms with Crippen LogP contribution in [0.3, 0.4) is 0 Å². The molecule has 0 unspecified atom stereocenters. The van der Waals surface area contributed by atoms with Crippen LogP contribution in [0.4, 0.5) is 4.39 Å². The van der Waals surface area contributed by atoms with E-state index in [0.29, 0.717) is 13.0 Å². The fourth-order valence-corrected chi connectivity index (χ4v) is 1.64. The average molecular weight is 253 g/mol. The van der Waals surface area contributed by atoms with Gasteiger partial charge in [0.2, 0.25) is 5.91 Å². The largest absolute Gasteiger partial charge is 0.494 e. The van der Waals surface area contributed by atoms with E-state index in [1.807, 2.05) is 0 Å². The molecule has 4 heteroatoms. The molecule has 1 amide bonds. The van der Waals surface area contributed by atoms with Crippen molar-refractivity contribution in [2.45, 2.75) is 39.2 Å². The van der Waals surface area contributed by atoms with Gasteiger partial charge in [0.15, 0.2) is 11.6 Å². The van der Waals surface area contributed by atoms with Crippen molar-refractivity contribution < 1.29 is 13.9 Å². The van der Waals surface area contributed by atoms with Gasteiger partial charge in [-0.2, -0.15) is 0 Å². The summed E-state index contributed by atoms with van der Waals surface area (Å²) in [4.78, 5) is 11.5. The highest BCUT2D eigenvalue weighted by Gasteiger charge is 2.05. The third-order valence-electron chi connectivity index (χ3n) is 2.71. The van der Waals surface area contributed by atoms with E-state index in [-0.39, 0.29) is 11.7 Å². The number of unbranched alkanes of at least 4 members (excludes halogenated alkanes) is 2. The molecule has 100 valence electrons. The molecule has 1 aromatic carbocycles. The van der Waals surface area contributed by atoms with Crippen molar-refractivity contribution in [3.8, 4) is 5.75 Å². The lowest BCUT2D eigenvalue weighted by Gasteiger charge is -2.07. The summed E-state index contributed by atoms with van der Waals surface area (Å²) in [5, 5.41) is 2.81. The molecule has 1 N–H and O–H groups in total. The molecule has 0 saturated carbocycles. The number of methoxy groups -OCH3 is 1. The monoisotopic (exact) mass is 253 g/mol. The highest BCUT2D eigenvalue weighted by molar-refractivity contribution is 5.75. The summed E-state index contributed by atoms with van der Waals surface area (Å²) in [6, 6.07) is 4.59. The zero-order valence-corrected chi connectivity index (χ0v) is 11.0. The minimum absolute atomic E-state index is 0.0340. The fourth-order valence-electron chi connectivity index (χ4n) is 1.64. The molecule has 0 aliphatic rings. The lowest BCUT2D eigenvalue weighted by atomic mass is 10.2. The van der Waals surface area contributed by atoms with Gasteiger partial charge in [-0.1, -0.05) is 25.8 Å². The Bertz CT molecular complexity index is 393. The first-order chi connectivity index (χ1) is 8.67. The minimum atomic E-state index is -0.393. The SMILES string of the molecule is CCCCCC(=O)NCc1ccc(F)c(OC)c1. The second-order valence-corrected chi connectivity index (χ2v) is 4.20. The van der Waals surface area contributed by atoms with E-state index in [9.17, 15) is 9.18 Å². The van der Waals surface area contributed by atoms with E-state index in [0.717, 1.165) is 24.8 Å². The number of carbonyl (C=O) groups excluding carboxylic acids is 1. The van der Waals surface area contributed by atoms with E-state index >= 15 is 0 Å². The van der Waals surface area contributed by atoms with Crippen molar-refractivity contribution in [1.29, 1.82) is 0 Å². The maximum Gasteiger partial charge on any atom is 0.220 e. The van der Waals surface area contributed by atoms with Crippen LogP contribution in [-0.4, -0.2) is 13.0 Å². The molecule has 0 bridgehead atoms. The standard InChI is InChI=1S/C14H20FNO2/c1-3-4-5-6-14(17)16-10-11-7-8-12(15)13(9-11)18-2/h7-9H,3-6,10H2,1-2H3,(H,16,17). The van der Waals surface area contributed by atoms with Gasteiger partial charge in [0.25, 0.3) is 0 Å². The van der Waals surface area contributed by atoms with Crippen LogP contribution in [0.1, 0.15) is 38.2 Å². The number of halogens is 1. The Kier molecular flexibility index (Phi) is 6.19. The van der Waals surface area contributed by atoms with Crippen molar-refractivity contribution in [3.63, 3.8) is 0 Å². The van der Waals surface area contributed by atoms with Gasteiger partial charge in [0.05, 0.1) is 7.11 Å². The van der Waals surface area contributed by atoms with Gasteiger partial charge >= 0.3 is 0 Å². The van der Waals surface area contributed by atoms with Gasteiger partial charge in [-0.15, -0.1) is 0 Å². The summed E-state index contributed by atoms with van der Waals surface area (Å²) in [6.45, 7) is 2.50. The fraction of sp³-hybridized carbons (Fsp3) is 0.500. The van der Waals surface area contributed by atoms with Gasteiger partial charge in [-0.3, -0.25) is 4.79 Å². The zero-order chi connectivity index (χ0) is 13.4. The van der Waals surface area contributed by atoms with Crippen LogP contribution in [0.5, 0.6) is 5.75 Å². The molecule has 0 heterocycles. The zero-order valence-electron chi connectivity index (χ0n) is 11.0. The Hall–Kier alpha value is -1.58. The molecule has 1 aromatic rings. The highest BCUT2D eigenvalue weighted by Crippen LogP contribution is 2.18. The van der Waals surface area contributed by atoms with E-state index < -0.39 is 5.82 Å². The van der Waals surface area contributed by atoms with Gasteiger partial charge in [-0.25, -0.2) is 4.39 Å².